The minimum atomic E-state index is -0.385. The van der Waals surface area contributed by atoms with Crippen molar-refractivity contribution in [1.82, 2.24) is 4.98 Å². The van der Waals surface area contributed by atoms with Gasteiger partial charge in [-0.3, -0.25) is 4.79 Å². The number of nitriles is 1. The lowest BCUT2D eigenvalue weighted by molar-refractivity contribution is -0.117. The Bertz CT molecular complexity index is 548. The maximum Gasteiger partial charge on any atom is 0.230 e. The summed E-state index contributed by atoms with van der Waals surface area (Å²) in [4.78, 5) is 15.7. The molecule has 1 amide bonds. The first-order valence-electron chi connectivity index (χ1n) is 5.93. The second-order valence-electron chi connectivity index (χ2n) is 4.47. The van der Waals surface area contributed by atoms with Crippen molar-refractivity contribution >= 4 is 17.7 Å². The average Bonchev–Trinajstić information content (AvgIpc) is 2.77. The second kappa shape index (κ2) is 4.99. The Balaban J connectivity index is 2.45. The van der Waals surface area contributed by atoms with E-state index in [1.165, 1.54) is 17.3 Å². The second-order valence-corrected chi connectivity index (χ2v) is 5.80. The maximum absolute atomic E-state index is 11.1. The van der Waals surface area contributed by atoms with Crippen LogP contribution in [0.3, 0.4) is 0 Å². The van der Waals surface area contributed by atoms with Crippen LogP contribution >= 0.6 is 11.8 Å². The van der Waals surface area contributed by atoms with E-state index >= 15 is 0 Å². The number of nitrogens with two attached hydrogens (primary N) is 1. The number of pyridine rings is 1. The van der Waals surface area contributed by atoms with Crippen molar-refractivity contribution in [2.75, 3.05) is 0 Å². The van der Waals surface area contributed by atoms with E-state index in [1.807, 2.05) is 6.92 Å². The Morgan fingerprint density at radius 1 is 1.56 bits per heavy atom. The molecule has 0 saturated carbocycles. The van der Waals surface area contributed by atoms with Crippen LogP contribution < -0.4 is 5.73 Å². The number of fused-ring (bicyclic) bond motifs is 1. The third-order valence-corrected chi connectivity index (χ3v) is 4.37. The topological polar surface area (TPSA) is 79.8 Å². The molecule has 4 nitrogen and oxygen atoms in total. The van der Waals surface area contributed by atoms with Gasteiger partial charge < -0.3 is 5.73 Å². The summed E-state index contributed by atoms with van der Waals surface area (Å²) in [6.45, 7) is 3.70. The number of hydrogen-bond donors (Lipinski definition) is 1. The number of aromatic nitrogens is 1. The normalized spacial score (nSPS) is 14.9. The number of nitrogens with zero attached hydrogens (tertiary/aromatic N) is 2. The van der Waals surface area contributed by atoms with E-state index < -0.39 is 0 Å². The molecule has 0 radical (unpaired) electrons. The standard InChI is InChI=1S/C13H15N3OS/c1-7-9-4-3-5-11(9)16-13(10(7)6-14)18-8(2)12(15)17/h8H,3-5H2,1-2H3,(H2,15,17). The molecule has 1 unspecified atom stereocenters. The molecule has 1 aromatic heterocycles. The molecule has 1 aromatic rings. The van der Waals surface area contributed by atoms with Gasteiger partial charge in [-0.2, -0.15) is 5.26 Å². The van der Waals surface area contributed by atoms with Gasteiger partial charge in [0.1, 0.15) is 11.1 Å². The summed E-state index contributed by atoms with van der Waals surface area (Å²) in [5, 5.41) is 9.53. The van der Waals surface area contributed by atoms with Gasteiger partial charge in [0.05, 0.1) is 10.8 Å². The highest BCUT2D eigenvalue weighted by Crippen LogP contribution is 2.33. The van der Waals surface area contributed by atoms with Crippen LogP contribution in [0.15, 0.2) is 5.03 Å². The fraction of sp³-hybridized carbons (Fsp3) is 0.462. The van der Waals surface area contributed by atoms with E-state index in [9.17, 15) is 10.1 Å². The number of rotatable bonds is 3. The number of hydrogen-bond acceptors (Lipinski definition) is 4. The first kappa shape index (κ1) is 12.9. The van der Waals surface area contributed by atoms with Crippen LogP contribution in [0.2, 0.25) is 0 Å². The molecule has 0 spiro atoms. The molecule has 2 rings (SSSR count). The third kappa shape index (κ3) is 2.21. The molecule has 0 aliphatic heterocycles. The molecule has 94 valence electrons. The Labute approximate surface area is 111 Å². The molecule has 0 aromatic carbocycles. The van der Waals surface area contributed by atoms with Crippen molar-refractivity contribution in [2.24, 2.45) is 5.73 Å². The Morgan fingerprint density at radius 2 is 2.28 bits per heavy atom. The van der Waals surface area contributed by atoms with Crippen LogP contribution in [-0.2, 0) is 17.6 Å². The van der Waals surface area contributed by atoms with Crippen molar-refractivity contribution in [3.63, 3.8) is 0 Å². The fourth-order valence-electron chi connectivity index (χ4n) is 2.19. The number of aryl methyl sites for hydroxylation is 1. The highest BCUT2D eigenvalue weighted by molar-refractivity contribution is 8.00. The van der Waals surface area contributed by atoms with Crippen molar-refractivity contribution in [3.8, 4) is 6.07 Å². The third-order valence-electron chi connectivity index (χ3n) is 3.27. The predicted octanol–water partition coefficient (Wildman–Crippen LogP) is 1.72. The summed E-state index contributed by atoms with van der Waals surface area (Å²) in [5.74, 6) is -0.385. The summed E-state index contributed by atoms with van der Waals surface area (Å²) in [6.07, 6.45) is 3.05. The van der Waals surface area contributed by atoms with Gasteiger partial charge in [-0.05, 0) is 44.2 Å². The summed E-state index contributed by atoms with van der Waals surface area (Å²) < 4.78 is 0. The van der Waals surface area contributed by atoms with Crippen LogP contribution in [-0.4, -0.2) is 16.1 Å². The lowest BCUT2D eigenvalue weighted by Gasteiger charge is -2.12. The number of carbonyl (C=O) groups is 1. The molecule has 1 atom stereocenters. The summed E-state index contributed by atoms with van der Waals surface area (Å²) in [7, 11) is 0. The van der Waals surface area contributed by atoms with E-state index in [0.29, 0.717) is 10.6 Å². The van der Waals surface area contributed by atoms with Gasteiger partial charge in [0.2, 0.25) is 5.91 Å². The zero-order valence-electron chi connectivity index (χ0n) is 10.5. The number of amides is 1. The first-order valence-corrected chi connectivity index (χ1v) is 6.81. The molecule has 1 heterocycles. The number of primary amides is 1. The molecule has 1 aliphatic carbocycles. The van der Waals surface area contributed by atoms with E-state index in [1.54, 1.807) is 6.92 Å². The maximum atomic E-state index is 11.1. The van der Waals surface area contributed by atoms with Crippen LogP contribution in [0.1, 0.15) is 35.7 Å². The summed E-state index contributed by atoms with van der Waals surface area (Å²) >= 11 is 1.27. The van der Waals surface area contributed by atoms with E-state index in [4.69, 9.17) is 5.73 Å². The first-order chi connectivity index (χ1) is 8.54. The lowest BCUT2D eigenvalue weighted by Crippen LogP contribution is -2.23. The quantitative estimate of drug-likeness (QED) is 0.840. The van der Waals surface area contributed by atoms with Gasteiger partial charge in [-0.1, -0.05) is 11.8 Å². The largest absolute Gasteiger partial charge is 0.369 e. The van der Waals surface area contributed by atoms with Gasteiger partial charge in [0, 0.05) is 5.69 Å². The summed E-state index contributed by atoms with van der Waals surface area (Å²) in [5.41, 5.74) is 9.15. The minimum Gasteiger partial charge on any atom is -0.369 e. The van der Waals surface area contributed by atoms with E-state index in [2.05, 4.69) is 11.1 Å². The van der Waals surface area contributed by atoms with E-state index in [-0.39, 0.29) is 11.2 Å². The van der Waals surface area contributed by atoms with Gasteiger partial charge in [-0.15, -0.1) is 0 Å². The molecule has 2 N–H and O–H groups in total. The Hall–Kier alpha value is -1.54. The molecule has 18 heavy (non-hydrogen) atoms. The smallest absolute Gasteiger partial charge is 0.230 e. The monoisotopic (exact) mass is 261 g/mol. The Morgan fingerprint density at radius 3 is 2.89 bits per heavy atom. The number of carbonyl (C=O) groups excluding carboxylic acids is 1. The van der Waals surface area contributed by atoms with Crippen LogP contribution in [0.5, 0.6) is 0 Å². The molecular weight excluding hydrogens is 246 g/mol. The predicted molar refractivity (Wildman–Crippen MR) is 70.2 cm³/mol. The van der Waals surface area contributed by atoms with Gasteiger partial charge in [0.25, 0.3) is 0 Å². The molecule has 0 fully saturated rings. The van der Waals surface area contributed by atoms with Gasteiger partial charge >= 0.3 is 0 Å². The number of thioether (sulfide) groups is 1. The lowest BCUT2D eigenvalue weighted by atomic mass is 10.0. The molecule has 0 bridgehead atoms. The van der Waals surface area contributed by atoms with Crippen molar-refractivity contribution in [3.05, 3.63) is 22.4 Å². The van der Waals surface area contributed by atoms with Crippen LogP contribution in [0.4, 0.5) is 0 Å². The SMILES string of the molecule is Cc1c(C#N)c(SC(C)C(N)=O)nc2c1CCC2. The fourth-order valence-corrected chi connectivity index (χ4v) is 3.12. The Kier molecular flexibility index (Phi) is 3.58. The molecular formula is C13H15N3OS. The van der Waals surface area contributed by atoms with Crippen molar-refractivity contribution in [1.29, 1.82) is 5.26 Å². The van der Waals surface area contributed by atoms with E-state index in [0.717, 1.165) is 30.5 Å². The van der Waals surface area contributed by atoms with Gasteiger partial charge in [-0.25, -0.2) is 4.98 Å². The average molecular weight is 261 g/mol. The van der Waals surface area contributed by atoms with Crippen molar-refractivity contribution in [2.45, 2.75) is 43.4 Å². The molecule has 1 aliphatic rings. The zero-order chi connectivity index (χ0) is 13.3. The van der Waals surface area contributed by atoms with Crippen LogP contribution in [0, 0.1) is 18.3 Å². The highest BCUT2D eigenvalue weighted by atomic mass is 32.2. The molecule has 5 heteroatoms. The van der Waals surface area contributed by atoms with Gasteiger partial charge in [0.15, 0.2) is 0 Å². The van der Waals surface area contributed by atoms with Crippen molar-refractivity contribution < 1.29 is 4.79 Å². The summed E-state index contributed by atoms with van der Waals surface area (Å²) in [6, 6.07) is 2.20. The minimum absolute atomic E-state index is 0.372. The van der Waals surface area contributed by atoms with Crippen LogP contribution in [0.25, 0.3) is 0 Å². The molecule has 0 saturated heterocycles. The zero-order valence-corrected chi connectivity index (χ0v) is 11.3. The highest BCUT2D eigenvalue weighted by Gasteiger charge is 2.22.